The molecule has 2 N–H and O–H groups in total. The summed E-state index contributed by atoms with van der Waals surface area (Å²) in [4.78, 5) is 38.6. The van der Waals surface area contributed by atoms with Crippen molar-refractivity contribution in [2.45, 2.75) is 44.6 Å². The second-order valence-electron chi connectivity index (χ2n) is 5.91. The Balaban J connectivity index is 1.68. The molecule has 0 aromatic carbocycles. The first-order chi connectivity index (χ1) is 11.4. The van der Waals surface area contributed by atoms with E-state index < -0.39 is 29.7 Å². The maximum absolute atomic E-state index is 12.1. The zero-order valence-electron chi connectivity index (χ0n) is 13.1. The highest BCUT2D eigenvalue weighted by atomic mass is 32.1. The summed E-state index contributed by atoms with van der Waals surface area (Å²) in [5, 5.41) is 12.1. The molecule has 0 bridgehead atoms. The van der Waals surface area contributed by atoms with Crippen molar-refractivity contribution in [3.8, 4) is 0 Å². The molecule has 2 aromatic rings. The first kappa shape index (κ1) is 16.8. The third-order valence-electron chi connectivity index (χ3n) is 4.04. The number of hydrogen-bond acceptors (Lipinski definition) is 6. The second kappa shape index (κ2) is 6.84. The average Bonchev–Trinajstić information content (AvgIpc) is 3.13. The number of rotatable bonds is 5. The molecule has 1 aliphatic heterocycles. The van der Waals surface area contributed by atoms with Gasteiger partial charge in [0.25, 0.3) is 5.56 Å². The van der Waals surface area contributed by atoms with Gasteiger partial charge >= 0.3 is 5.69 Å². The van der Waals surface area contributed by atoms with E-state index in [1.54, 1.807) is 6.92 Å². The maximum Gasteiger partial charge on any atom is 0.330 e. The van der Waals surface area contributed by atoms with Gasteiger partial charge in [-0.1, -0.05) is 6.07 Å². The molecule has 24 heavy (non-hydrogen) atoms. The fourth-order valence-electron chi connectivity index (χ4n) is 2.77. The van der Waals surface area contributed by atoms with Crippen LogP contribution in [0, 0.1) is 6.92 Å². The zero-order chi connectivity index (χ0) is 17.3. The number of carbonyl (C=O) groups is 1. The van der Waals surface area contributed by atoms with Crippen LogP contribution in [0.15, 0.2) is 33.3 Å². The first-order valence-electron chi connectivity index (χ1n) is 7.63. The third kappa shape index (κ3) is 3.55. The lowest BCUT2D eigenvalue weighted by atomic mass is 10.1. The summed E-state index contributed by atoms with van der Waals surface area (Å²) in [5.41, 5.74) is -0.657. The minimum atomic E-state index is -0.832. The molecule has 1 saturated heterocycles. The number of aromatic amines is 1. The quantitative estimate of drug-likeness (QED) is 0.829. The Labute approximate surface area is 141 Å². The Morgan fingerprint density at radius 3 is 3.00 bits per heavy atom. The van der Waals surface area contributed by atoms with Gasteiger partial charge in [-0.15, -0.1) is 11.3 Å². The lowest BCUT2D eigenvalue weighted by molar-refractivity contribution is -0.123. The number of nitrogens with zero attached hydrogens (tertiary/aromatic N) is 1. The summed E-state index contributed by atoms with van der Waals surface area (Å²) in [6.45, 7) is 1.59. The van der Waals surface area contributed by atoms with Gasteiger partial charge in [0.15, 0.2) is 0 Å². The molecular weight excluding hydrogens is 332 g/mol. The molecule has 3 atom stereocenters. The van der Waals surface area contributed by atoms with Crippen LogP contribution >= 0.6 is 11.3 Å². The third-order valence-corrected chi connectivity index (χ3v) is 4.92. The number of nitrogens with one attached hydrogen (secondary N) is 1. The second-order valence-corrected chi connectivity index (χ2v) is 6.94. The van der Waals surface area contributed by atoms with Crippen molar-refractivity contribution < 1.29 is 14.6 Å². The monoisotopic (exact) mass is 350 g/mol. The Morgan fingerprint density at radius 2 is 2.29 bits per heavy atom. The number of H-pyrrole nitrogens is 1. The lowest BCUT2D eigenvalue weighted by Gasteiger charge is -2.15. The van der Waals surface area contributed by atoms with Crippen LogP contribution in [0.25, 0.3) is 0 Å². The Kier molecular flexibility index (Phi) is 4.79. The van der Waals surface area contributed by atoms with E-state index in [0.29, 0.717) is 12.0 Å². The van der Waals surface area contributed by atoms with Crippen LogP contribution in [0.4, 0.5) is 0 Å². The number of aryl methyl sites for hydroxylation is 1. The van der Waals surface area contributed by atoms with E-state index in [0.717, 1.165) is 4.88 Å². The van der Waals surface area contributed by atoms with E-state index in [1.807, 2.05) is 17.5 Å². The molecule has 0 spiro atoms. The predicted octanol–water partition coefficient (Wildman–Crippen LogP) is 0.757. The fraction of sp³-hybridized carbons (Fsp3) is 0.438. The van der Waals surface area contributed by atoms with Crippen LogP contribution in [0.2, 0.25) is 0 Å². The molecule has 0 aliphatic carbocycles. The van der Waals surface area contributed by atoms with Crippen LogP contribution in [0.5, 0.6) is 0 Å². The number of aliphatic hydroxyl groups is 1. The standard InChI is InChI=1S/C16H18N2O5S/c1-9-8-18(16(22)17-15(9)21)14-7-12(20)13(23-14)6-10(19)5-11-3-2-4-24-11/h2-4,8,12-14,20H,5-7H2,1H3,(H,17,21,22)/t12-,13+,14+/m0/s1. The van der Waals surface area contributed by atoms with E-state index >= 15 is 0 Å². The maximum atomic E-state index is 12.1. The number of aliphatic hydroxyl groups excluding tert-OH is 1. The molecule has 0 amide bonds. The van der Waals surface area contributed by atoms with Gasteiger partial charge in [0.2, 0.25) is 0 Å². The van der Waals surface area contributed by atoms with Gasteiger partial charge in [-0.3, -0.25) is 19.1 Å². The Morgan fingerprint density at radius 1 is 1.50 bits per heavy atom. The smallest absolute Gasteiger partial charge is 0.330 e. The van der Waals surface area contributed by atoms with Crippen molar-refractivity contribution in [3.05, 3.63) is 55.0 Å². The van der Waals surface area contributed by atoms with Gasteiger partial charge < -0.3 is 9.84 Å². The number of Topliss-reactive ketones (excluding diaryl/α,β-unsaturated/α-hetero) is 1. The van der Waals surface area contributed by atoms with E-state index in [4.69, 9.17) is 4.74 Å². The number of thiophene rings is 1. The van der Waals surface area contributed by atoms with Crippen LogP contribution in [0.1, 0.15) is 29.5 Å². The van der Waals surface area contributed by atoms with Gasteiger partial charge in [-0.2, -0.15) is 0 Å². The summed E-state index contributed by atoms with van der Waals surface area (Å²) < 4.78 is 6.95. The van der Waals surface area contributed by atoms with Crippen molar-refractivity contribution >= 4 is 17.1 Å². The van der Waals surface area contributed by atoms with Crippen molar-refractivity contribution in [1.29, 1.82) is 0 Å². The molecular formula is C16H18N2O5S. The van der Waals surface area contributed by atoms with E-state index in [9.17, 15) is 19.5 Å². The SMILES string of the molecule is Cc1cn([C@H]2C[C@H](O)[C@@H](CC(=O)Cc3cccs3)O2)c(=O)[nH]c1=O. The van der Waals surface area contributed by atoms with Crippen LogP contribution in [-0.4, -0.2) is 32.6 Å². The minimum Gasteiger partial charge on any atom is -0.390 e. The molecule has 3 heterocycles. The number of hydrogen-bond donors (Lipinski definition) is 2. The summed E-state index contributed by atoms with van der Waals surface area (Å²) in [6.07, 6.45) is -0.165. The molecule has 1 fully saturated rings. The summed E-state index contributed by atoms with van der Waals surface area (Å²) in [7, 11) is 0. The molecule has 8 heteroatoms. The van der Waals surface area contributed by atoms with E-state index in [1.165, 1.54) is 22.1 Å². The number of carbonyl (C=O) groups excluding carboxylic acids is 1. The average molecular weight is 350 g/mol. The first-order valence-corrected chi connectivity index (χ1v) is 8.51. The fourth-order valence-corrected chi connectivity index (χ4v) is 3.51. The molecule has 128 valence electrons. The van der Waals surface area contributed by atoms with Gasteiger partial charge in [0.1, 0.15) is 12.0 Å². The minimum absolute atomic E-state index is 0.0212. The largest absolute Gasteiger partial charge is 0.390 e. The number of ketones is 1. The molecule has 0 unspecified atom stereocenters. The molecule has 7 nitrogen and oxygen atoms in total. The van der Waals surface area contributed by atoms with Gasteiger partial charge in [-0.05, 0) is 18.4 Å². The van der Waals surface area contributed by atoms with Crippen LogP contribution in [-0.2, 0) is 16.0 Å². The predicted molar refractivity (Wildman–Crippen MR) is 88.2 cm³/mol. The van der Waals surface area contributed by atoms with E-state index in [2.05, 4.69) is 4.98 Å². The molecule has 0 saturated carbocycles. The molecule has 1 aliphatic rings. The van der Waals surface area contributed by atoms with Crippen LogP contribution < -0.4 is 11.2 Å². The van der Waals surface area contributed by atoms with Crippen molar-refractivity contribution in [2.24, 2.45) is 0 Å². The lowest BCUT2D eigenvalue weighted by Crippen LogP contribution is -2.33. The summed E-state index contributed by atoms with van der Waals surface area (Å²) >= 11 is 1.51. The number of ether oxygens (including phenoxy) is 1. The molecule has 3 rings (SSSR count). The summed E-state index contributed by atoms with van der Waals surface area (Å²) in [5.74, 6) is -0.0212. The van der Waals surface area contributed by atoms with Crippen molar-refractivity contribution in [2.75, 3.05) is 0 Å². The van der Waals surface area contributed by atoms with Crippen molar-refractivity contribution in [3.63, 3.8) is 0 Å². The summed E-state index contributed by atoms with van der Waals surface area (Å²) in [6, 6.07) is 3.77. The van der Waals surface area contributed by atoms with E-state index in [-0.39, 0.29) is 18.6 Å². The zero-order valence-corrected chi connectivity index (χ0v) is 13.9. The highest BCUT2D eigenvalue weighted by molar-refractivity contribution is 7.10. The highest BCUT2D eigenvalue weighted by Crippen LogP contribution is 2.30. The van der Waals surface area contributed by atoms with Gasteiger partial charge in [0, 0.05) is 35.9 Å². The normalized spacial score (nSPS) is 23.5. The topological polar surface area (TPSA) is 101 Å². The van der Waals surface area contributed by atoms with Gasteiger partial charge in [-0.25, -0.2) is 4.79 Å². The molecule has 0 radical (unpaired) electrons. The Bertz CT molecular complexity index is 839. The Hall–Kier alpha value is -2.03. The number of aromatic nitrogens is 2. The van der Waals surface area contributed by atoms with Crippen LogP contribution in [0.3, 0.4) is 0 Å². The van der Waals surface area contributed by atoms with Gasteiger partial charge in [0.05, 0.1) is 12.2 Å². The molecule has 2 aromatic heterocycles. The highest BCUT2D eigenvalue weighted by Gasteiger charge is 2.36. The van der Waals surface area contributed by atoms with Crippen molar-refractivity contribution in [1.82, 2.24) is 9.55 Å².